The number of hydrogen-bond donors (Lipinski definition) is 1. The van der Waals surface area contributed by atoms with Crippen molar-refractivity contribution in [1.82, 2.24) is 14.8 Å². The normalized spacial score (nSPS) is 10.8. The lowest BCUT2D eigenvalue weighted by atomic mass is 10.2. The number of nitrogens with zero attached hydrogens (tertiary/aromatic N) is 3. The van der Waals surface area contributed by atoms with Crippen LogP contribution in [-0.2, 0) is 0 Å². The molecule has 1 aromatic heterocycles. The Kier molecular flexibility index (Phi) is 6.05. The summed E-state index contributed by atoms with van der Waals surface area (Å²) in [5, 5.41) is 0.338. The summed E-state index contributed by atoms with van der Waals surface area (Å²) in [5.41, 5.74) is 6.03. The van der Waals surface area contributed by atoms with Crippen molar-refractivity contribution in [2.45, 2.75) is 13.3 Å². The zero-order valence-electron chi connectivity index (χ0n) is 11.7. The maximum atomic E-state index is 12.5. The zero-order chi connectivity index (χ0) is 14.4. The topological polar surface area (TPSA) is 62.5 Å². The van der Waals surface area contributed by atoms with Crippen molar-refractivity contribution in [3.63, 3.8) is 0 Å². The Morgan fingerprint density at radius 3 is 2.63 bits per heavy atom. The number of carbonyl (C=O) groups excluding carboxylic acids is 1. The maximum absolute atomic E-state index is 12.5. The highest BCUT2D eigenvalue weighted by Crippen LogP contribution is 2.18. The quantitative estimate of drug-likeness (QED) is 0.864. The molecule has 0 spiro atoms. The smallest absolute Gasteiger partial charge is 0.255 e. The summed E-state index contributed by atoms with van der Waals surface area (Å²) >= 11 is 6.02. The van der Waals surface area contributed by atoms with Gasteiger partial charge < -0.3 is 15.5 Å². The molecule has 0 atom stereocenters. The first-order valence-electron chi connectivity index (χ1n) is 6.30. The Morgan fingerprint density at radius 2 is 2.05 bits per heavy atom. The number of nitrogen functional groups attached to an aromatic ring is 1. The second-order valence-electron chi connectivity index (χ2n) is 4.68. The average Bonchev–Trinajstić information content (AvgIpc) is 2.36. The van der Waals surface area contributed by atoms with Crippen LogP contribution in [0.4, 0.5) is 5.82 Å². The minimum Gasteiger partial charge on any atom is -0.384 e. The third-order valence-electron chi connectivity index (χ3n) is 2.70. The number of amides is 1. The SMILES string of the molecule is CCCN(CCN(C)C)C(=O)c1cc(N)ncc1Cl. The maximum Gasteiger partial charge on any atom is 0.255 e. The van der Waals surface area contributed by atoms with E-state index in [1.165, 1.54) is 12.3 Å². The molecular weight excluding hydrogens is 264 g/mol. The Labute approximate surface area is 119 Å². The second-order valence-corrected chi connectivity index (χ2v) is 5.09. The van der Waals surface area contributed by atoms with Gasteiger partial charge in [0, 0.05) is 25.8 Å². The van der Waals surface area contributed by atoms with Gasteiger partial charge in [-0.3, -0.25) is 4.79 Å². The number of anilines is 1. The average molecular weight is 285 g/mol. The highest BCUT2D eigenvalue weighted by atomic mass is 35.5. The number of halogens is 1. The van der Waals surface area contributed by atoms with Gasteiger partial charge in [-0.05, 0) is 26.6 Å². The Balaban J connectivity index is 2.88. The van der Waals surface area contributed by atoms with Crippen LogP contribution in [0.2, 0.25) is 5.02 Å². The molecule has 6 heteroatoms. The third-order valence-corrected chi connectivity index (χ3v) is 3.01. The Hall–Kier alpha value is -1.33. The fraction of sp³-hybridized carbons (Fsp3) is 0.538. The van der Waals surface area contributed by atoms with E-state index in [0.717, 1.165) is 13.0 Å². The van der Waals surface area contributed by atoms with E-state index in [1.54, 1.807) is 4.90 Å². The summed E-state index contributed by atoms with van der Waals surface area (Å²) < 4.78 is 0. The molecule has 0 saturated heterocycles. The van der Waals surface area contributed by atoms with E-state index >= 15 is 0 Å². The summed E-state index contributed by atoms with van der Waals surface area (Å²) in [4.78, 5) is 20.2. The van der Waals surface area contributed by atoms with Crippen LogP contribution in [0.3, 0.4) is 0 Å². The first-order chi connectivity index (χ1) is 8.95. The summed E-state index contributed by atoms with van der Waals surface area (Å²) in [7, 11) is 3.96. The van der Waals surface area contributed by atoms with Gasteiger partial charge in [-0.1, -0.05) is 18.5 Å². The molecule has 0 saturated carbocycles. The van der Waals surface area contributed by atoms with Gasteiger partial charge in [0.15, 0.2) is 0 Å². The fourth-order valence-corrected chi connectivity index (χ4v) is 1.88. The van der Waals surface area contributed by atoms with E-state index in [1.807, 2.05) is 25.9 Å². The van der Waals surface area contributed by atoms with Crippen molar-refractivity contribution in [2.75, 3.05) is 39.5 Å². The van der Waals surface area contributed by atoms with Crippen LogP contribution < -0.4 is 5.73 Å². The highest BCUT2D eigenvalue weighted by Gasteiger charge is 2.18. The van der Waals surface area contributed by atoms with Crippen molar-refractivity contribution in [1.29, 1.82) is 0 Å². The van der Waals surface area contributed by atoms with Crippen molar-refractivity contribution in [3.8, 4) is 0 Å². The molecule has 0 unspecified atom stereocenters. The number of rotatable bonds is 6. The van der Waals surface area contributed by atoms with Crippen molar-refractivity contribution < 1.29 is 4.79 Å². The molecule has 0 aliphatic heterocycles. The van der Waals surface area contributed by atoms with Gasteiger partial charge in [0.1, 0.15) is 5.82 Å². The molecule has 0 fully saturated rings. The first-order valence-corrected chi connectivity index (χ1v) is 6.68. The lowest BCUT2D eigenvalue weighted by molar-refractivity contribution is 0.0745. The predicted octanol–water partition coefficient (Wildman–Crippen LogP) is 1.73. The summed E-state index contributed by atoms with van der Waals surface area (Å²) in [6, 6.07) is 1.53. The molecule has 1 rings (SSSR count). The minimum atomic E-state index is -0.0946. The third kappa shape index (κ3) is 4.69. The van der Waals surface area contributed by atoms with E-state index in [0.29, 0.717) is 29.5 Å². The van der Waals surface area contributed by atoms with Gasteiger partial charge in [0.05, 0.1) is 10.6 Å². The number of hydrogen-bond acceptors (Lipinski definition) is 4. The van der Waals surface area contributed by atoms with Crippen molar-refractivity contribution in [2.24, 2.45) is 0 Å². The molecular formula is C13H21ClN4O. The summed E-state index contributed by atoms with van der Waals surface area (Å²) in [5.74, 6) is 0.208. The Morgan fingerprint density at radius 1 is 1.37 bits per heavy atom. The molecule has 5 nitrogen and oxygen atoms in total. The molecule has 0 aliphatic carbocycles. The molecule has 2 N–H and O–H groups in total. The van der Waals surface area contributed by atoms with Crippen molar-refractivity contribution in [3.05, 3.63) is 22.8 Å². The van der Waals surface area contributed by atoms with Crippen molar-refractivity contribution >= 4 is 23.3 Å². The lowest BCUT2D eigenvalue weighted by Gasteiger charge is -2.24. The van der Waals surface area contributed by atoms with Crippen LogP contribution in [0.25, 0.3) is 0 Å². The summed E-state index contributed by atoms with van der Waals surface area (Å²) in [6.45, 7) is 4.21. The second kappa shape index (κ2) is 7.31. The van der Waals surface area contributed by atoms with Gasteiger partial charge >= 0.3 is 0 Å². The number of pyridine rings is 1. The van der Waals surface area contributed by atoms with E-state index in [2.05, 4.69) is 4.98 Å². The predicted molar refractivity (Wildman–Crippen MR) is 78.4 cm³/mol. The van der Waals surface area contributed by atoms with E-state index in [4.69, 9.17) is 17.3 Å². The van der Waals surface area contributed by atoms with Gasteiger partial charge in [0.2, 0.25) is 0 Å². The van der Waals surface area contributed by atoms with Gasteiger partial charge in [0.25, 0.3) is 5.91 Å². The van der Waals surface area contributed by atoms with Crippen LogP contribution in [0, 0.1) is 0 Å². The lowest BCUT2D eigenvalue weighted by Crippen LogP contribution is -2.37. The van der Waals surface area contributed by atoms with Crippen LogP contribution in [0.5, 0.6) is 0 Å². The molecule has 0 aromatic carbocycles. The monoisotopic (exact) mass is 284 g/mol. The van der Waals surface area contributed by atoms with E-state index < -0.39 is 0 Å². The molecule has 1 aromatic rings. The molecule has 19 heavy (non-hydrogen) atoms. The standard InChI is InChI=1S/C13H21ClN4O/c1-4-5-18(7-6-17(2)3)13(19)10-8-12(15)16-9-11(10)14/h8-9H,4-7H2,1-3H3,(H2,15,16). The van der Waals surface area contributed by atoms with Gasteiger partial charge in [-0.2, -0.15) is 0 Å². The summed E-state index contributed by atoms with van der Waals surface area (Å²) in [6.07, 6.45) is 2.32. The molecule has 0 bridgehead atoms. The number of nitrogens with two attached hydrogens (primary N) is 1. The number of likely N-dealkylation sites (N-methyl/N-ethyl adjacent to an activating group) is 1. The van der Waals surface area contributed by atoms with Crippen LogP contribution >= 0.6 is 11.6 Å². The van der Waals surface area contributed by atoms with E-state index in [-0.39, 0.29) is 5.91 Å². The molecule has 1 amide bonds. The zero-order valence-corrected chi connectivity index (χ0v) is 12.4. The van der Waals surface area contributed by atoms with Gasteiger partial charge in [-0.15, -0.1) is 0 Å². The largest absolute Gasteiger partial charge is 0.384 e. The molecule has 106 valence electrons. The Bertz CT molecular complexity index is 437. The van der Waals surface area contributed by atoms with Crippen LogP contribution in [-0.4, -0.2) is 54.4 Å². The number of aromatic nitrogens is 1. The van der Waals surface area contributed by atoms with Crippen LogP contribution in [0.15, 0.2) is 12.3 Å². The number of carbonyl (C=O) groups is 1. The first kappa shape index (κ1) is 15.7. The van der Waals surface area contributed by atoms with Gasteiger partial charge in [-0.25, -0.2) is 4.98 Å². The highest BCUT2D eigenvalue weighted by molar-refractivity contribution is 6.33. The van der Waals surface area contributed by atoms with Crippen LogP contribution in [0.1, 0.15) is 23.7 Å². The molecule has 1 heterocycles. The van der Waals surface area contributed by atoms with E-state index in [9.17, 15) is 4.79 Å². The molecule has 0 aliphatic rings. The fourth-order valence-electron chi connectivity index (χ4n) is 1.69. The molecule has 0 radical (unpaired) electrons. The minimum absolute atomic E-state index is 0.0946.